The smallest absolute Gasteiger partial charge is 0.279 e. The van der Waals surface area contributed by atoms with E-state index in [2.05, 4.69) is 4.99 Å². The topological polar surface area (TPSA) is 62.1 Å². The Morgan fingerprint density at radius 2 is 1.73 bits per heavy atom. The van der Waals surface area contributed by atoms with E-state index in [0.29, 0.717) is 48.2 Å². The number of carbonyl (C=O) groups excluding carboxylic acids is 1. The number of ether oxygens (including phenoxy) is 3. The van der Waals surface area contributed by atoms with Crippen molar-refractivity contribution in [3.05, 3.63) is 83.2 Å². The van der Waals surface area contributed by atoms with Gasteiger partial charge in [-0.2, -0.15) is 4.99 Å². The van der Waals surface area contributed by atoms with Gasteiger partial charge < -0.3 is 18.8 Å². The number of para-hydroxylation sites is 1. The molecule has 170 valence electrons. The Kier molecular flexibility index (Phi) is 7.55. The molecule has 33 heavy (non-hydrogen) atoms. The lowest BCUT2D eigenvalue weighted by Gasteiger charge is -2.07. The predicted octanol–water partition coefficient (Wildman–Crippen LogP) is 5.67. The lowest BCUT2D eigenvalue weighted by molar-refractivity contribution is 0.0996. The van der Waals surface area contributed by atoms with E-state index in [9.17, 15) is 4.79 Å². The number of hydrogen-bond donors (Lipinski definition) is 0. The van der Waals surface area contributed by atoms with Crippen LogP contribution in [0.3, 0.4) is 0 Å². The molecular formula is C26H26N2O4S. The molecule has 0 radical (unpaired) electrons. The van der Waals surface area contributed by atoms with Crippen molar-refractivity contribution in [3.8, 4) is 17.2 Å². The van der Waals surface area contributed by atoms with Gasteiger partial charge in [0.05, 0.1) is 23.4 Å². The van der Waals surface area contributed by atoms with E-state index < -0.39 is 0 Å². The zero-order valence-electron chi connectivity index (χ0n) is 18.7. The van der Waals surface area contributed by atoms with Crippen LogP contribution in [0.4, 0.5) is 0 Å². The first-order chi connectivity index (χ1) is 16.2. The van der Waals surface area contributed by atoms with Gasteiger partial charge >= 0.3 is 0 Å². The first-order valence-electron chi connectivity index (χ1n) is 10.9. The van der Waals surface area contributed by atoms with E-state index in [-0.39, 0.29) is 5.91 Å². The van der Waals surface area contributed by atoms with Gasteiger partial charge in [-0.05, 0) is 62.4 Å². The Bertz CT molecular complexity index is 1290. The molecule has 0 aliphatic rings. The van der Waals surface area contributed by atoms with Crippen LogP contribution in [0.1, 0.15) is 24.2 Å². The van der Waals surface area contributed by atoms with Crippen LogP contribution in [0.15, 0.2) is 77.8 Å². The van der Waals surface area contributed by atoms with Crippen LogP contribution >= 0.6 is 11.3 Å². The molecule has 1 heterocycles. The van der Waals surface area contributed by atoms with Gasteiger partial charge in [0.25, 0.3) is 5.91 Å². The molecule has 6 nitrogen and oxygen atoms in total. The van der Waals surface area contributed by atoms with E-state index in [0.717, 1.165) is 16.0 Å². The number of fused-ring (bicyclic) bond motifs is 1. The molecule has 4 rings (SSSR count). The quantitative estimate of drug-likeness (QED) is 0.301. The minimum Gasteiger partial charge on any atom is -0.494 e. The third-order valence-corrected chi connectivity index (χ3v) is 5.93. The van der Waals surface area contributed by atoms with Crippen molar-refractivity contribution in [3.63, 3.8) is 0 Å². The summed E-state index contributed by atoms with van der Waals surface area (Å²) in [5.74, 6) is 1.77. The lowest BCUT2D eigenvalue weighted by atomic mass is 10.2. The first kappa shape index (κ1) is 22.8. The maximum Gasteiger partial charge on any atom is 0.279 e. The predicted molar refractivity (Wildman–Crippen MR) is 130 cm³/mol. The summed E-state index contributed by atoms with van der Waals surface area (Å²) in [4.78, 5) is 18.1. The van der Waals surface area contributed by atoms with Crippen molar-refractivity contribution in [2.75, 3.05) is 19.8 Å². The minimum absolute atomic E-state index is 0.324. The average molecular weight is 463 g/mol. The van der Waals surface area contributed by atoms with Crippen LogP contribution in [0.2, 0.25) is 0 Å². The van der Waals surface area contributed by atoms with Crippen LogP contribution in [0, 0.1) is 0 Å². The average Bonchev–Trinajstić information content (AvgIpc) is 3.16. The second-order valence-corrected chi connectivity index (χ2v) is 8.16. The third-order valence-electron chi connectivity index (χ3n) is 4.89. The van der Waals surface area contributed by atoms with E-state index in [1.54, 1.807) is 18.2 Å². The molecular weight excluding hydrogens is 436 g/mol. The summed E-state index contributed by atoms with van der Waals surface area (Å²) >= 11 is 1.46. The summed E-state index contributed by atoms with van der Waals surface area (Å²) < 4.78 is 20.1. The molecule has 4 aromatic rings. The normalized spacial score (nSPS) is 11.6. The summed E-state index contributed by atoms with van der Waals surface area (Å²) in [5.41, 5.74) is 1.46. The van der Waals surface area contributed by atoms with Crippen LogP contribution in [0.5, 0.6) is 17.2 Å². The Hall–Kier alpha value is -3.42. The molecule has 1 aromatic heterocycles. The number of aromatic nitrogens is 1. The highest BCUT2D eigenvalue weighted by Crippen LogP contribution is 2.24. The number of carbonyl (C=O) groups is 1. The zero-order chi connectivity index (χ0) is 23.0. The number of thiazole rings is 1. The largest absolute Gasteiger partial charge is 0.494 e. The van der Waals surface area contributed by atoms with Crippen molar-refractivity contribution in [2.45, 2.75) is 20.4 Å². The van der Waals surface area contributed by atoms with E-state index >= 15 is 0 Å². The van der Waals surface area contributed by atoms with Crippen molar-refractivity contribution in [2.24, 2.45) is 4.99 Å². The maximum absolute atomic E-state index is 13.1. The Morgan fingerprint density at radius 1 is 0.909 bits per heavy atom. The highest BCUT2D eigenvalue weighted by atomic mass is 32.1. The number of amides is 1. The van der Waals surface area contributed by atoms with Gasteiger partial charge in [-0.15, -0.1) is 0 Å². The highest BCUT2D eigenvalue weighted by Gasteiger charge is 2.11. The highest BCUT2D eigenvalue weighted by molar-refractivity contribution is 7.16. The molecule has 1 amide bonds. The Labute approximate surface area is 196 Å². The molecule has 0 aliphatic heterocycles. The second-order valence-electron chi connectivity index (χ2n) is 7.16. The first-order valence-corrected chi connectivity index (χ1v) is 11.8. The van der Waals surface area contributed by atoms with Crippen LogP contribution in [-0.4, -0.2) is 30.3 Å². The number of hydrogen-bond acceptors (Lipinski definition) is 5. The number of rotatable bonds is 9. The summed E-state index contributed by atoms with van der Waals surface area (Å²) in [6.45, 7) is 6.29. The molecule has 0 saturated carbocycles. The molecule has 3 aromatic carbocycles. The molecule has 0 saturated heterocycles. The Balaban J connectivity index is 1.67. The van der Waals surface area contributed by atoms with Gasteiger partial charge in [-0.3, -0.25) is 4.79 Å². The van der Waals surface area contributed by atoms with Gasteiger partial charge in [-0.1, -0.05) is 35.6 Å². The van der Waals surface area contributed by atoms with Gasteiger partial charge in [0.2, 0.25) is 0 Å². The molecule has 0 bridgehead atoms. The van der Waals surface area contributed by atoms with Crippen molar-refractivity contribution < 1.29 is 19.0 Å². The fraction of sp³-hybridized carbons (Fsp3) is 0.231. The Morgan fingerprint density at radius 3 is 2.52 bits per heavy atom. The van der Waals surface area contributed by atoms with Crippen molar-refractivity contribution in [1.29, 1.82) is 0 Å². The SMILES string of the molecule is CCOCCn1c(=NC(=O)c2cccc(Oc3ccccc3)c2)sc2cc(OCC)ccc21. The standard InChI is InChI=1S/C26H26N2O4S/c1-3-30-16-15-28-23-14-13-21(31-4-2)18-24(23)33-26(28)27-25(29)19-9-8-12-22(17-19)32-20-10-6-5-7-11-20/h5-14,17-18H,3-4,15-16H2,1-2H3. The number of nitrogens with zero attached hydrogens (tertiary/aromatic N) is 2. The summed E-state index contributed by atoms with van der Waals surface area (Å²) in [5, 5.41) is 0. The van der Waals surface area contributed by atoms with Crippen molar-refractivity contribution >= 4 is 27.5 Å². The van der Waals surface area contributed by atoms with Gasteiger partial charge in [-0.25, -0.2) is 0 Å². The summed E-state index contributed by atoms with van der Waals surface area (Å²) in [6.07, 6.45) is 0. The second kappa shape index (κ2) is 10.9. The lowest BCUT2D eigenvalue weighted by Crippen LogP contribution is -2.19. The summed E-state index contributed by atoms with van der Waals surface area (Å²) in [7, 11) is 0. The van der Waals surface area contributed by atoms with Crippen LogP contribution in [-0.2, 0) is 11.3 Å². The number of benzene rings is 3. The maximum atomic E-state index is 13.1. The monoisotopic (exact) mass is 462 g/mol. The van der Waals surface area contributed by atoms with Gasteiger partial charge in [0.1, 0.15) is 17.2 Å². The molecule has 0 spiro atoms. The van der Waals surface area contributed by atoms with E-state index in [1.165, 1.54) is 11.3 Å². The zero-order valence-corrected chi connectivity index (χ0v) is 19.5. The fourth-order valence-corrected chi connectivity index (χ4v) is 4.46. The van der Waals surface area contributed by atoms with Gasteiger partial charge in [0.15, 0.2) is 4.80 Å². The molecule has 0 aliphatic carbocycles. The van der Waals surface area contributed by atoms with Crippen LogP contribution in [0.25, 0.3) is 10.2 Å². The third kappa shape index (κ3) is 5.69. The van der Waals surface area contributed by atoms with E-state index in [4.69, 9.17) is 14.2 Å². The molecule has 0 atom stereocenters. The summed E-state index contributed by atoms with van der Waals surface area (Å²) in [6, 6.07) is 22.5. The minimum atomic E-state index is -0.324. The molecule has 0 N–H and O–H groups in total. The molecule has 0 fully saturated rings. The van der Waals surface area contributed by atoms with Gasteiger partial charge in [0, 0.05) is 18.7 Å². The van der Waals surface area contributed by atoms with E-state index in [1.807, 2.05) is 73.0 Å². The molecule has 7 heteroatoms. The van der Waals surface area contributed by atoms with Crippen molar-refractivity contribution in [1.82, 2.24) is 4.57 Å². The fourth-order valence-electron chi connectivity index (χ4n) is 3.38. The van der Waals surface area contributed by atoms with Crippen LogP contribution < -0.4 is 14.3 Å². The molecule has 0 unspecified atom stereocenters.